The molecule has 27 heavy (non-hydrogen) atoms. The molecule has 0 aromatic heterocycles. The fraction of sp³-hybridized carbons (Fsp3) is 0.125. The minimum Gasteiger partial charge on any atom is -0.394 e. The Morgan fingerprint density at radius 1 is 0.852 bits per heavy atom. The molecule has 0 fully saturated rings. The predicted molar refractivity (Wildman–Crippen MR) is 105 cm³/mol. The first kappa shape index (κ1) is 16.0. The largest absolute Gasteiger partial charge is 0.394 e. The van der Waals surface area contributed by atoms with E-state index in [2.05, 4.69) is 24.3 Å². The van der Waals surface area contributed by atoms with E-state index in [1.807, 2.05) is 71.6 Å². The van der Waals surface area contributed by atoms with Gasteiger partial charge in [0.1, 0.15) is 5.54 Å². The lowest BCUT2D eigenvalue weighted by molar-refractivity contribution is 0.0452. The molecule has 5 rings (SSSR count). The molecule has 1 spiro atoms. The Hall–Kier alpha value is -3.17. The molecule has 1 heterocycles. The highest BCUT2D eigenvalue weighted by Crippen LogP contribution is 2.52. The molecule has 3 aromatic carbocycles. The molecule has 3 heteroatoms. The summed E-state index contributed by atoms with van der Waals surface area (Å²) in [5.41, 5.74) is 4.11. The second kappa shape index (κ2) is 5.93. The van der Waals surface area contributed by atoms with Crippen molar-refractivity contribution >= 4 is 12.0 Å². The van der Waals surface area contributed by atoms with Crippen LogP contribution in [0.25, 0.3) is 6.08 Å². The Kier molecular flexibility index (Phi) is 3.52. The zero-order chi connectivity index (χ0) is 18.4. The van der Waals surface area contributed by atoms with Crippen molar-refractivity contribution in [2.45, 2.75) is 11.6 Å². The Morgan fingerprint density at radius 3 is 2.30 bits per heavy atom. The van der Waals surface area contributed by atoms with Gasteiger partial charge in [0.25, 0.3) is 5.91 Å². The van der Waals surface area contributed by atoms with Gasteiger partial charge in [-0.05, 0) is 34.4 Å². The second-order valence-electron chi connectivity index (χ2n) is 7.02. The van der Waals surface area contributed by atoms with Gasteiger partial charge in [-0.15, -0.1) is 0 Å². The third-order valence-corrected chi connectivity index (χ3v) is 5.71. The van der Waals surface area contributed by atoms with Crippen LogP contribution >= 0.6 is 0 Å². The number of hydrogen-bond acceptors (Lipinski definition) is 2. The molecular formula is C24H19NO2. The Bertz CT molecular complexity index is 1060. The van der Waals surface area contributed by atoms with Crippen molar-refractivity contribution in [1.29, 1.82) is 0 Å². The summed E-state index contributed by atoms with van der Waals surface area (Å²) in [5, 5.41) is 10.3. The molecule has 1 amide bonds. The summed E-state index contributed by atoms with van der Waals surface area (Å²) < 4.78 is 0. The van der Waals surface area contributed by atoms with Gasteiger partial charge in [0, 0.05) is 5.56 Å². The molecule has 3 nitrogen and oxygen atoms in total. The summed E-state index contributed by atoms with van der Waals surface area (Å²) >= 11 is 0. The standard InChI is InChI=1S/C24H19NO2/c26-16-22(18-9-2-1-3-10-18)25-23(27)19-11-5-7-13-21(19)24(25)15-14-17-8-4-6-12-20(17)24/h1-15,22,26H,16H2/t22-,24+/m0/s1. The third-order valence-electron chi connectivity index (χ3n) is 5.71. The van der Waals surface area contributed by atoms with Crippen LogP contribution in [-0.4, -0.2) is 22.5 Å². The van der Waals surface area contributed by atoms with Crippen LogP contribution in [0.15, 0.2) is 84.9 Å². The number of carbonyl (C=O) groups excluding carboxylic acids is 1. The normalized spacial score (nSPS) is 20.8. The monoisotopic (exact) mass is 353 g/mol. The lowest BCUT2D eigenvalue weighted by Gasteiger charge is -2.40. The highest BCUT2D eigenvalue weighted by Gasteiger charge is 2.54. The quantitative estimate of drug-likeness (QED) is 0.769. The first-order chi connectivity index (χ1) is 13.3. The number of nitrogens with zero attached hydrogens (tertiary/aromatic N) is 1. The van der Waals surface area contributed by atoms with Gasteiger partial charge in [-0.2, -0.15) is 0 Å². The Morgan fingerprint density at radius 2 is 1.52 bits per heavy atom. The number of rotatable bonds is 3. The molecule has 1 aliphatic carbocycles. The molecule has 0 unspecified atom stereocenters. The lowest BCUT2D eigenvalue weighted by Crippen LogP contribution is -2.46. The minimum atomic E-state index is -0.687. The molecule has 0 bridgehead atoms. The van der Waals surface area contributed by atoms with Crippen molar-refractivity contribution in [3.05, 3.63) is 113 Å². The second-order valence-corrected chi connectivity index (χ2v) is 7.02. The number of amides is 1. The molecular weight excluding hydrogens is 334 g/mol. The van der Waals surface area contributed by atoms with Crippen LogP contribution in [0.4, 0.5) is 0 Å². The van der Waals surface area contributed by atoms with Crippen LogP contribution in [0.2, 0.25) is 0 Å². The van der Waals surface area contributed by atoms with Crippen molar-refractivity contribution < 1.29 is 9.90 Å². The van der Waals surface area contributed by atoms with Crippen LogP contribution in [0.1, 0.15) is 38.7 Å². The minimum absolute atomic E-state index is 0.0464. The highest BCUT2D eigenvalue weighted by molar-refractivity contribution is 6.02. The summed E-state index contributed by atoms with van der Waals surface area (Å²) in [5.74, 6) is -0.0464. The van der Waals surface area contributed by atoms with E-state index in [-0.39, 0.29) is 12.5 Å². The third kappa shape index (κ3) is 2.09. The van der Waals surface area contributed by atoms with Crippen LogP contribution in [-0.2, 0) is 5.54 Å². The van der Waals surface area contributed by atoms with Gasteiger partial charge in [-0.25, -0.2) is 0 Å². The van der Waals surface area contributed by atoms with E-state index in [4.69, 9.17) is 0 Å². The SMILES string of the molecule is O=C1c2ccccc2[C@]2(C=Cc3ccccc32)N1[C@@H](CO)c1ccccc1. The summed E-state index contributed by atoms with van der Waals surface area (Å²) in [7, 11) is 0. The van der Waals surface area contributed by atoms with Crippen molar-refractivity contribution in [2.24, 2.45) is 0 Å². The zero-order valence-corrected chi connectivity index (χ0v) is 14.7. The fourth-order valence-electron chi connectivity index (χ4n) is 4.55. The topological polar surface area (TPSA) is 40.5 Å². The van der Waals surface area contributed by atoms with Gasteiger partial charge in [-0.1, -0.05) is 78.9 Å². The van der Waals surface area contributed by atoms with Crippen molar-refractivity contribution in [2.75, 3.05) is 6.61 Å². The van der Waals surface area contributed by atoms with Crippen molar-refractivity contribution in [1.82, 2.24) is 4.90 Å². The van der Waals surface area contributed by atoms with Gasteiger partial charge in [0.05, 0.1) is 12.6 Å². The summed E-state index contributed by atoms with van der Waals surface area (Å²) in [6, 6.07) is 25.3. The summed E-state index contributed by atoms with van der Waals surface area (Å²) in [6.45, 7) is -0.137. The first-order valence-corrected chi connectivity index (χ1v) is 9.15. The molecule has 0 saturated heterocycles. The molecule has 1 aliphatic heterocycles. The molecule has 2 aliphatic rings. The van der Waals surface area contributed by atoms with Gasteiger partial charge in [0.15, 0.2) is 0 Å². The van der Waals surface area contributed by atoms with Gasteiger partial charge >= 0.3 is 0 Å². The van der Waals surface area contributed by atoms with E-state index in [1.165, 1.54) is 0 Å². The zero-order valence-electron chi connectivity index (χ0n) is 14.7. The first-order valence-electron chi connectivity index (χ1n) is 9.15. The smallest absolute Gasteiger partial charge is 0.256 e. The number of fused-ring (bicyclic) bond motifs is 4. The Balaban J connectivity index is 1.79. The molecule has 3 aromatic rings. The van der Waals surface area contributed by atoms with E-state index in [1.54, 1.807) is 0 Å². The summed E-state index contributed by atoms with van der Waals surface area (Å²) in [6.07, 6.45) is 4.18. The maximum absolute atomic E-state index is 13.5. The van der Waals surface area contributed by atoms with E-state index in [0.29, 0.717) is 5.56 Å². The molecule has 0 radical (unpaired) electrons. The average molecular weight is 353 g/mol. The maximum Gasteiger partial charge on any atom is 0.256 e. The molecule has 132 valence electrons. The molecule has 0 saturated carbocycles. The van der Waals surface area contributed by atoms with Gasteiger partial charge in [0.2, 0.25) is 0 Å². The average Bonchev–Trinajstić information content (AvgIpc) is 3.23. The van der Waals surface area contributed by atoms with E-state index in [9.17, 15) is 9.90 Å². The van der Waals surface area contributed by atoms with Crippen LogP contribution in [0.3, 0.4) is 0 Å². The van der Waals surface area contributed by atoms with Crippen LogP contribution < -0.4 is 0 Å². The van der Waals surface area contributed by atoms with Gasteiger partial charge in [-0.3, -0.25) is 4.79 Å². The number of aliphatic hydroxyl groups is 1. The van der Waals surface area contributed by atoms with E-state index >= 15 is 0 Å². The van der Waals surface area contributed by atoms with Crippen LogP contribution in [0, 0.1) is 0 Å². The maximum atomic E-state index is 13.5. The predicted octanol–water partition coefficient (Wildman–Crippen LogP) is 4.15. The highest BCUT2D eigenvalue weighted by atomic mass is 16.3. The number of carbonyl (C=O) groups is 1. The Labute approximate surface area is 158 Å². The molecule has 2 atom stereocenters. The number of benzene rings is 3. The lowest BCUT2D eigenvalue weighted by atomic mass is 9.83. The van der Waals surface area contributed by atoms with Crippen LogP contribution in [0.5, 0.6) is 0 Å². The van der Waals surface area contributed by atoms with E-state index in [0.717, 1.165) is 22.3 Å². The van der Waals surface area contributed by atoms with Crippen molar-refractivity contribution in [3.63, 3.8) is 0 Å². The fourth-order valence-corrected chi connectivity index (χ4v) is 4.55. The number of hydrogen-bond donors (Lipinski definition) is 1. The van der Waals surface area contributed by atoms with Gasteiger partial charge < -0.3 is 10.0 Å². The number of aliphatic hydroxyl groups excluding tert-OH is 1. The van der Waals surface area contributed by atoms with Crippen molar-refractivity contribution in [3.8, 4) is 0 Å². The molecule has 1 N–H and O–H groups in total. The van der Waals surface area contributed by atoms with E-state index < -0.39 is 11.6 Å². The summed E-state index contributed by atoms with van der Waals surface area (Å²) in [4.78, 5) is 15.4.